The van der Waals surface area contributed by atoms with Crippen molar-refractivity contribution < 1.29 is 15.0 Å². The van der Waals surface area contributed by atoms with Crippen LogP contribution in [0.4, 0.5) is 11.4 Å². The summed E-state index contributed by atoms with van der Waals surface area (Å²) in [6, 6.07) is 16.0. The van der Waals surface area contributed by atoms with Crippen molar-refractivity contribution >= 4 is 28.1 Å². The fraction of sp³-hybridized carbons (Fsp3) is 0.0556. The van der Waals surface area contributed by atoms with E-state index in [0.29, 0.717) is 16.5 Å². The first-order valence-electron chi connectivity index (χ1n) is 7.02. The minimum atomic E-state index is -1.21. The maximum atomic E-state index is 11.3. The Kier molecular flexibility index (Phi) is 3.76. The molecule has 0 unspecified atom stereocenters. The summed E-state index contributed by atoms with van der Waals surface area (Å²) in [5.74, 6) is -1.59. The molecule has 0 fully saturated rings. The first-order chi connectivity index (χ1) is 11.1. The van der Waals surface area contributed by atoms with Crippen molar-refractivity contribution in [3.8, 4) is 5.75 Å². The average molecular weight is 306 g/mol. The Balaban J connectivity index is 2.16. The maximum Gasteiger partial charge on any atom is 0.339 e. The largest absolute Gasteiger partial charge is 0.505 e. The van der Waals surface area contributed by atoms with Crippen LogP contribution in [0.5, 0.6) is 5.75 Å². The molecule has 0 saturated heterocycles. The Bertz CT molecular complexity index is 915. The van der Waals surface area contributed by atoms with Crippen LogP contribution < -0.4 is 0 Å². The maximum absolute atomic E-state index is 11.3. The highest BCUT2D eigenvalue weighted by Gasteiger charge is 2.17. The molecule has 114 valence electrons. The lowest BCUT2D eigenvalue weighted by molar-refractivity contribution is 0.0694. The molecule has 0 aliphatic heterocycles. The van der Waals surface area contributed by atoms with Gasteiger partial charge < -0.3 is 10.2 Å². The van der Waals surface area contributed by atoms with Crippen LogP contribution in [-0.2, 0) is 0 Å². The molecule has 5 nitrogen and oxygen atoms in total. The molecule has 0 saturated carbocycles. The Morgan fingerprint density at radius 2 is 1.70 bits per heavy atom. The Morgan fingerprint density at radius 1 is 1.00 bits per heavy atom. The lowest BCUT2D eigenvalue weighted by Gasteiger charge is -2.07. The van der Waals surface area contributed by atoms with Gasteiger partial charge in [0, 0.05) is 5.39 Å². The Hall–Kier alpha value is -3.21. The first kappa shape index (κ1) is 14.7. The number of phenols is 1. The molecule has 0 bridgehead atoms. The van der Waals surface area contributed by atoms with Gasteiger partial charge in [-0.3, -0.25) is 0 Å². The van der Waals surface area contributed by atoms with Gasteiger partial charge in [-0.05, 0) is 30.5 Å². The van der Waals surface area contributed by atoms with E-state index in [1.54, 1.807) is 36.4 Å². The van der Waals surface area contributed by atoms with E-state index in [2.05, 4.69) is 10.2 Å². The highest BCUT2D eigenvalue weighted by Crippen LogP contribution is 2.39. The second-order valence-electron chi connectivity index (χ2n) is 5.18. The standard InChI is InChI=1S/C18H14N2O3/c1-11-6-8-13(9-7-11)19-20-16-14-5-3-2-4-12(14)10-15(17(16)21)18(22)23/h2-10,21H,1H3,(H,22,23)/b20-19+. The summed E-state index contributed by atoms with van der Waals surface area (Å²) in [7, 11) is 0. The second kappa shape index (κ2) is 5.88. The van der Waals surface area contributed by atoms with Crippen molar-refractivity contribution in [2.45, 2.75) is 6.92 Å². The molecule has 0 atom stereocenters. The van der Waals surface area contributed by atoms with Gasteiger partial charge in [0.1, 0.15) is 11.3 Å². The van der Waals surface area contributed by atoms with Gasteiger partial charge in [0.05, 0.1) is 5.69 Å². The van der Waals surface area contributed by atoms with E-state index in [4.69, 9.17) is 0 Å². The number of azo groups is 1. The third kappa shape index (κ3) is 2.89. The predicted octanol–water partition coefficient (Wildman–Crippen LogP) is 4.97. The van der Waals surface area contributed by atoms with E-state index in [1.807, 2.05) is 19.1 Å². The third-order valence-corrected chi connectivity index (χ3v) is 3.53. The van der Waals surface area contributed by atoms with Crippen molar-refractivity contribution in [2.75, 3.05) is 0 Å². The summed E-state index contributed by atoms with van der Waals surface area (Å²) in [6.45, 7) is 1.97. The van der Waals surface area contributed by atoms with Crippen LogP contribution in [0.15, 0.2) is 64.8 Å². The van der Waals surface area contributed by atoms with Gasteiger partial charge in [-0.1, -0.05) is 42.0 Å². The van der Waals surface area contributed by atoms with Gasteiger partial charge in [0.25, 0.3) is 0 Å². The second-order valence-corrected chi connectivity index (χ2v) is 5.18. The molecule has 0 aliphatic rings. The SMILES string of the molecule is Cc1ccc(/N=N/c2c(O)c(C(=O)O)cc3ccccc23)cc1. The summed E-state index contributed by atoms with van der Waals surface area (Å²) in [5.41, 5.74) is 1.69. The quantitative estimate of drug-likeness (QED) is 0.670. The number of fused-ring (bicyclic) bond motifs is 1. The predicted molar refractivity (Wildman–Crippen MR) is 87.9 cm³/mol. The molecular formula is C18H14N2O3. The monoisotopic (exact) mass is 306 g/mol. The van der Waals surface area contributed by atoms with Crippen LogP contribution in [0.2, 0.25) is 0 Å². The van der Waals surface area contributed by atoms with E-state index in [9.17, 15) is 15.0 Å². The van der Waals surface area contributed by atoms with Crippen LogP contribution in [-0.4, -0.2) is 16.2 Å². The number of aromatic carboxylic acids is 1. The number of aromatic hydroxyl groups is 1. The van der Waals surface area contributed by atoms with Gasteiger partial charge in [-0.15, -0.1) is 5.11 Å². The summed E-state index contributed by atoms with van der Waals surface area (Å²) < 4.78 is 0. The van der Waals surface area contributed by atoms with Crippen molar-refractivity contribution in [1.29, 1.82) is 0 Å². The normalized spacial score (nSPS) is 11.2. The number of hydrogen-bond donors (Lipinski definition) is 2. The van der Waals surface area contributed by atoms with Crippen molar-refractivity contribution in [2.24, 2.45) is 10.2 Å². The number of carbonyl (C=O) groups is 1. The highest BCUT2D eigenvalue weighted by atomic mass is 16.4. The minimum Gasteiger partial charge on any atom is -0.505 e. The van der Waals surface area contributed by atoms with Gasteiger partial charge >= 0.3 is 5.97 Å². The first-order valence-corrected chi connectivity index (χ1v) is 7.02. The highest BCUT2D eigenvalue weighted by molar-refractivity contribution is 6.04. The molecule has 0 heterocycles. The molecule has 0 amide bonds. The molecule has 0 aromatic heterocycles. The fourth-order valence-corrected chi connectivity index (χ4v) is 2.30. The molecule has 0 spiro atoms. The molecule has 23 heavy (non-hydrogen) atoms. The number of nitrogens with zero attached hydrogens (tertiary/aromatic N) is 2. The molecule has 3 aromatic rings. The summed E-state index contributed by atoms with van der Waals surface area (Å²) in [4.78, 5) is 11.3. The van der Waals surface area contributed by atoms with Crippen LogP contribution >= 0.6 is 0 Å². The lowest BCUT2D eigenvalue weighted by Crippen LogP contribution is -1.97. The van der Waals surface area contributed by atoms with Crippen molar-refractivity contribution in [3.63, 3.8) is 0 Å². The number of aryl methyl sites for hydroxylation is 1. The Labute approximate surface area is 132 Å². The molecule has 0 aliphatic carbocycles. The van der Waals surface area contributed by atoms with Gasteiger partial charge in [0.2, 0.25) is 0 Å². The van der Waals surface area contributed by atoms with Gasteiger partial charge in [0.15, 0.2) is 5.75 Å². The van der Waals surface area contributed by atoms with E-state index < -0.39 is 5.97 Å². The number of carboxylic acid groups (broad SMARTS) is 1. The minimum absolute atomic E-state index is 0.154. The van der Waals surface area contributed by atoms with Gasteiger partial charge in [-0.25, -0.2) is 4.79 Å². The zero-order valence-corrected chi connectivity index (χ0v) is 12.4. The van der Waals surface area contributed by atoms with Crippen molar-refractivity contribution in [1.82, 2.24) is 0 Å². The molecule has 2 N–H and O–H groups in total. The summed E-state index contributed by atoms with van der Waals surface area (Å²) in [6.07, 6.45) is 0. The van der Waals surface area contributed by atoms with E-state index in [0.717, 1.165) is 5.56 Å². The lowest BCUT2D eigenvalue weighted by atomic mass is 10.0. The van der Waals surface area contributed by atoms with Crippen LogP contribution in [0, 0.1) is 6.92 Å². The molecule has 3 aromatic carbocycles. The number of rotatable bonds is 3. The smallest absolute Gasteiger partial charge is 0.339 e. The molecule has 0 radical (unpaired) electrons. The number of hydrogen-bond acceptors (Lipinski definition) is 4. The zero-order valence-electron chi connectivity index (χ0n) is 12.4. The Morgan fingerprint density at radius 3 is 2.39 bits per heavy atom. The van der Waals surface area contributed by atoms with E-state index in [1.165, 1.54) is 6.07 Å². The fourth-order valence-electron chi connectivity index (χ4n) is 2.30. The van der Waals surface area contributed by atoms with Crippen LogP contribution in [0.25, 0.3) is 10.8 Å². The number of benzene rings is 3. The van der Waals surface area contributed by atoms with Gasteiger partial charge in [-0.2, -0.15) is 5.11 Å². The summed E-state index contributed by atoms with van der Waals surface area (Å²) >= 11 is 0. The average Bonchev–Trinajstić information content (AvgIpc) is 2.55. The van der Waals surface area contributed by atoms with E-state index in [-0.39, 0.29) is 17.0 Å². The summed E-state index contributed by atoms with van der Waals surface area (Å²) in [5, 5.41) is 29.0. The zero-order chi connectivity index (χ0) is 16.4. The van der Waals surface area contributed by atoms with Crippen LogP contribution in [0.1, 0.15) is 15.9 Å². The molecule has 5 heteroatoms. The topological polar surface area (TPSA) is 82.2 Å². The molecular weight excluding hydrogens is 292 g/mol. The molecule has 3 rings (SSSR count). The number of carboxylic acids is 1. The van der Waals surface area contributed by atoms with Crippen LogP contribution in [0.3, 0.4) is 0 Å². The van der Waals surface area contributed by atoms with E-state index >= 15 is 0 Å². The third-order valence-electron chi connectivity index (χ3n) is 3.53. The van der Waals surface area contributed by atoms with Crippen molar-refractivity contribution in [3.05, 3.63) is 65.7 Å².